The zero-order chi connectivity index (χ0) is 59.6. The highest BCUT2D eigenvalue weighted by Gasteiger charge is 2.47. The lowest BCUT2D eigenvalue weighted by Crippen LogP contribution is -2.74. The van der Waals surface area contributed by atoms with E-state index in [-0.39, 0.29) is 6.71 Å². The third kappa shape index (κ3) is 8.26. The number of aromatic nitrogens is 1. The molecule has 17 rings (SSSR count). The van der Waals surface area contributed by atoms with Gasteiger partial charge in [0.05, 0.1) is 16.7 Å². The van der Waals surface area contributed by atoms with Crippen LogP contribution in [0.1, 0.15) is 0 Å². The molecule has 0 saturated heterocycles. The van der Waals surface area contributed by atoms with E-state index in [1.54, 1.807) is 0 Å². The average molecular weight is 1180 g/mol. The lowest BCUT2D eigenvalue weighted by molar-refractivity contribution is 1.16. The van der Waals surface area contributed by atoms with Gasteiger partial charge in [0.15, 0.2) is 16.1 Å². The molecule has 0 amide bonds. The molecule has 2 aliphatic rings. The molecule has 2 aliphatic heterocycles. The van der Waals surface area contributed by atoms with Gasteiger partial charge in [0.1, 0.15) is 0 Å². The Kier molecular flexibility index (Phi) is 13.0. The fraction of sp³-hybridized carbons (Fsp3) is 0. The van der Waals surface area contributed by atoms with Crippen LogP contribution in [0.5, 0.6) is 0 Å². The summed E-state index contributed by atoms with van der Waals surface area (Å²) in [6.45, 7) is -0.105. The summed E-state index contributed by atoms with van der Waals surface area (Å²) in [5.41, 5.74) is 16.5. The van der Waals surface area contributed by atoms with Gasteiger partial charge in [-0.15, -0.1) is 0 Å². The monoisotopic (exact) mass is 1180 g/mol. The molecule has 15 aromatic rings. The van der Waals surface area contributed by atoms with E-state index in [2.05, 4.69) is 378 Å². The van der Waals surface area contributed by atoms with E-state index in [1.807, 2.05) is 0 Å². The third-order valence-corrected chi connectivity index (χ3v) is 28.9. The predicted octanol–water partition coefficient (Wildman–Crippen LogP) is 13.3. The van der Waals surface area contributed by atoms with Crippen molar-refractivity contribution >= 4 is 137 Å². The molecule has 422 valence electrons. The first-order chi connectivity index (χ1) is 44.7. The number of hydrogen-bond acceptors (Lipinski definition) is 2. The SMILES string of the molecule is c1ccc(-c2cccc3c2N(c2ccc([Si](c4ccccc4)(c4ccccc4)c4ccccc4)cc2)c2cc(-n4c5ccccc5c5ccccc54)cc4c2B3c2ccccc2N4c2ccc([Si](c3ccccc3)(c3ccccc3)c3ccccc3)cc2)cc1. The summed E-state index contributed by atoms with van der Waals surface area (Å²) < 4.78 is 2.51. The van der Waals surface area contributed by atoms with Crippen LogP contribution in [0.4, 0.5) is 34.1 Å². The fourth-order valence-electron chi connectivity index (χ4n) is 15.6. The highest BCUT2D eigenvalue weighted by atomic mass is 28.3. The van der Waals surface area contributed by atoms with E-state index in [9.17, 15) is 0 Å². The van der Waals surface area contributed by atoms with Crippen molar-refractivity contribution in [3.63, 3.8) is 0 Å². The van der Waals surface area contributed by atoms with Gasteiger partial charge in [-0.25, -0.2) is 0 Å². The molecule has 0 aliphatic carbocycles. The molecule has 0 unspecified atom stereocenters. The minimum Gasteiger partial charge on any atom is -0.311 e. The highest BCUT2D eigenvalue weighted by Crippen LogP contribution is 2.48. The van der Waals surface area contributed by atoms with Crippen molar-refractivity contribution < 1.29 is 0 Å². The van der Waals surface area contributed by atoms with Gasteiger partial charge in [-0.3, -0.25) is 0 Å². The quantitative estimate of drug-likeness (QED) is 0.0892. The summed E-state index contributed by atoms with van der Waals surface area (Å²) in [5.74, 6) is 0. The molecule has 6 heteroatoms. The smallest absolute Gasteiger partial charge is 0.252 e. The first kappa shape index (κ1) is 53.2. The van der Waals surface area contributed by atoms with Gasteiger partial charge in [-0.1, -0.05) is 309 Å². The van der Waals surface area contributed by atoms with Crippen molar-refractivity contribution in [2.24, 2.45) is 0 Å². The number of hydrogen-bond donors (Lipinski definition) is 0. The highest BCUT2D eigenvalue weighted by molar-refractivity contribution is 7.20. The number of rotatable bonds is 12. The fourth-order valence-corrected chi connectivity index (χ4v) is 25.0. The number of nitrogens with zero attached hydrogens (tertiary/aromatic N) is 3. The molecule has 0 spiro atoms. The Labute approximate surface area is 528 Å². The molecule has 0 atom stereocenters. The Morgan fingerprint density at radius 3 is 1.03 bits per heavy atom. The summed E-state index contributed by atoms with van der Waals surface area (Å²) in [6.07, 6.45) is 0. The first-order valence-corrected chi connectivity index (χ1v) is 35.3. The predicted molar refractivity (Wildman–Crippen MR) is 387 cm³/mol. The second-order valence-corrected chi connectivity index (χ2v) is 31.4. The Hall–Kier alpha value is -11.0. The molecule has 0 saturated carbocycles. The van der Waals surface area contributed by atoms with Crippen LogP contribution in [0, 0.1) is 0 Å². The Bertz CT molecular complexity index is 4860. The molecule has 0 N–H and O–H groups in total. The summed E-state index contributed by atoms with van der Waals surface area (Å²) in [7, 11) is -5.73. The van der Waals surface area contributed by atoms with Crippen molar-refractivity contribution in [1.82, 2.24) is 4.57 Å². The van der Waals surface area contributed by atoms with Crippen molar-refractivity contribution in [3.8, 4) is 16.8 Å². The van der Waals surface area contributed by atoms with Crippen LogP contribution in [-0.2, 0) is 0 Å². The van der Waals surface area contributed by atoms with Crippen LogP contribution in [0.3, 0.4) is 0 Å². The van der Waals surface area contributed by atoms with E-state index in [1.165, 1.54) is 102 Å². The van der Waals surface area contributed by atoms with Gasteiger partial charge < -0.3 is 14.4 Å². The molecule has 0 bridgehead atoms. The van der Waals surface area contributed by atoms with E-state index < -0.39 is 16.1 Å². The third-order valence-electron chi connectivity index (χ3n) is 19.3. The van der Waals surface area contributed by atoms with E-state index in [4.69, 9.17) is 0 Å². The van der Waals surface area contributed by atoms with Gasteiger partial charge in [-0.05, 0) is 118 Å². The number of fused-ring (bicyclic) bond motifs is 7. The zero-order valence-corrected chi connectivity index (χ0v) is 51.6. The van der Waals surface area contributed by atoms with Crippen LogP contribution in [0.25, 0.3) is 38.6 Å². The normalized spacial score (nSPS) is 12.6. The Morgan fingerprint density at radius 1 is 0.244 bits per heavy atom. The number of anilines is 6. The Balaban J connectivity index is 0.947. The number of benzene rings is 14. The van der Waals surface area contributed by atoms with Gasteiger partial charge in [0, 0.05) is 50.5 Å². The summed E-state index contributed by atoms with van der Waals surface area (Å²) >= 11 is 0. The summed E-state index contributed by atoms with van der Waals surface area (Å²) in [5, 5.41) is 13.2. The van der Waals surface area contributed by atoms with Gasteiger partial charge in [0.25, 0.3) is 6.71 Å². The van der Waals surface area contributed by atoms with Crippen molar-refractivity contribution in [1.29, 1.82) is 0 Å². The maximum absolute atomic E-state index is 2.88. The first-order valence-electron chi connectivity index (χ1n) is 31.3. The van der Waals surface area contributed by atoms with Crippen molar-refractivity contribution in [2.75, 3.05) is 9.80 Å². The largest absolute Gasteiger partial charge is 0.311 e. The summed E-state index contributed by atoms with van der Waals surface area (Å²) in [6, 6.07) is 137. The molecule has 1 aromatic heterocycles. The van der Waals surface area contributed by atoms with Crippen molar-refractivity contribution in [2.45, 2.75) is 0 Å². The molecular weight excluding hydrogens is 1120 g/mol. The lowest BCUT2D eigenvalue weighted by Gasteiger charge is -2.45. The van der Waals surface area contributed by atoms with E-state index >= 15 is 0 Å². The van der Waals surface area contributed by atoms with Gasteiger partial charge in [0.2, 0.25) is 0 Å². The maximum Gasteiger partial charge on any atom is 0.252 e. The average Bonchev–Trinajstić information content (AvgIpc) is 0.745. The molecule has 14 aromatic carbocycles. The lowest BCUT2D eigenvalue weighted by atomic mass is 9.33. The van der Waals surface area contributed by atoms with Crippen LogP contribution < -0.4 is 67.7 Å². The Morgan fingerprint density at radius 2 is 0.589 bits per heavy atom. The zero-order valence-electron chi connectivity index (χ0n) is 49.6. The van der Waals surface area contributed by atoms with Crippen LogP contribution >= 0.6 is 0 Å². The molecule has 0 fully saturated rings. The minimum absolute atomic E-state index is 0.105. The number of para-hydroxylation sites is 4. The van der Waals surface area contributed by atoms with E-state index in [0.29, 0.717) is 0 Å². The minimum atomic E-state index is -2.88. The van der Waals surface area contributed by atoms with Crippen LogP contribution in [-0.4, -0.2) is 27.4 Å². The second-order valence-electron chi connectivity index (χ2n) is 23.8. The van der Waals surface area contributed by atoms with E-state index in [0.717, 1.165) is 28.4 Å². The molecule has 3 heterocycles. The molecule has 0 radical (unpaired) electrons. The standard InChI is InChI=1S/C84H60BN3Si2/c1-8-29-61(30-9-1)73-45-28-47-77-84(73)88(63-53-57-72(58-54-63)90(68-37-16-5-17-38-68,69-39-18-6-19-40-69)70-41-20-7-21-42-70)82-60-64(87-78-48-25-22-43-74(78)75-44-23-26-49-79(75)87)59-81-83(82)85(77)76-46-24-27-50-80(76)86(81)62-51-55-71(56-52-62)89(65-31-10-2-11-32-65,66-33-12-3-13-34-66)67-35-14-4-15-36-67/h1-60H. The van der Waals surface area contributed by atoms with Gasteiger partial charge in [-0.2, -0.15) is 0 Å². The van der Waals surface area contributed by atoms with Gasteiger partial charge >= 0.3 is 0 Å². The maximum atomic E-state index is 2.62. The van der Waals surface area contributed by atoms with Crippen LogP contribution in [0.2, 0.25) is 0 Å². The molecule has 3 nitrogen and oxygen atoms in total. The molecule has 90 heavy (non-hydrogen) atoms. The second kappa shape index (κ2) is 22.0. The topological polar surface area (TPSA) is 11.4 Å². The summed E-state index contributed by atoms with van der Waals surface area (Å²) in [4.78, 5) is 5.20. The van der Waals surface area contributed by atoms with Crippen LogP contribution in [0.15, 0.2) is 364 Å². The molecular formula is C84H60BN3Si2. The van der Waals surface area contributed by atoms with Crippen molar-refractivity contribution in [3.05, 3.63) is 364 Å².